The molecule has 0 aliphatic rings. The molecule has 0 spiro atoms. The van der Waals surface area contributed by atoms with Crippen molar-refractivity contribution in [3.63, 3.8) is 0 Å². The monoisotopic (exact) mass is 297 g/mol. The van der Waals surface area contributed by atoms with E-state index in [-0.39, 0.29) is 17.7 Å². The van der Waals surface area contributed by atoms with Crippen LogP contribution < -0.4 is 5.32 Å². The van der Waals surface area contributed by atoms with Crippen LogP contribution in [0.4, 0.5) is 0 Å². The summed E-state index contributed by atoms with van der Waals surface area (Å²) in [7, 11) is 0. The Labute approximate surface area is 124 Å². The van der Waals surface area contributed by atoms with E-state index < -0.39 is 12.0 Å². The quantitative estimate of drug-likeness (QED) is 0.848. The molecule has 1 rings (SSSR count). The number of carbonyl (C=O) groups excluding carboxylic acids is 1. The SMILES string of the molecule is CC(Cc1cccc(Cl)c1)C(=O)N[C@H](C(=O)O)C(C)C. The first kappa shape index (κ1) is 16.5. The van der Waals surface area contributed by atoms with Crippen LogP contribution in [0.25, 0.3) is 0 Å². The minimum Gasteiger partial charge on any atom is -0.480 e. The van der Waals surface area contributed by atoms with Crippen LogP contribution in [0.2, 0.25) is 5.02 Å². The van der Waals surface area contributed by atoms with Crippen LogP contribution in [0.1, 0.15) is 26.3 Å². The van der Waals surface area contributed by atoms with Crippen LogP contribution in [0, 0.1) is 11.8 Å². The van der Waals surface area contributed by atoms with E-state index in [1.165, 1.54) is 0 Å². The van der Waals surface area contributed by atoms with E-state index in [2.05, 4.69) is 5.32 Å². The molecule has 5 heteroatoms. The first-order chi connectivity index (χ1) is 9.31. The number of aliphatic carboxylic acids is 1. The molecular weight excluding hydrogens is 278 g/mol. The summed E-state index contributed by atoms with van der Waals surface area (Å²) in [5.41, 5.74) is 0.955. The second kappa shape index (κ2) is 7.29. The van der Waals surface area contributed by atoms with Gasteiger partial charge in [0.25, 0.3) is 0 Å². The average Bonchev–Trinajstić information content (AvgIpc) is 2.34. The number of carboxylic acids is 1. The maximum atomic E-state index is 12.0. The minimum absolute atomic E-state index is 0.158. The van der Waals surface area contributed by atoms with E-state index in [1.807, 2.05) is 18.2 Å². The Morgan fingerprint density at radius 1 is 1.30 bits per heavy atom. The van der Waals surface area contributed by atoms with E-state index in [9.17, 15) is 9.59 Å². The molecule has 1 unspecified atom stereocenters. The van der Waals surface area contributed by atoms with Gasteiger partial charge in [-0.1, -0.05) is 44.5 Å². The maximum absolute atomic E-state index is 12.0. The number of rotatable bonds is 6. The van der Waals surface area contributed by atoms with Gasteiger partial charge in [0.15, 0.2) is 0 Å². The van der Waals surface area contributed by atoms with Crippen LogP contribution in [-0.4, -0.2) is 23.0 Å². The third-order valence-corrected chi connectivity index (χ3v) is 3.34. The van der Waals surface area contributed by atoms with Gasteiger partial charge in [-0.15, -0.1) is 0 Å². The molecule has 0 heterocycles. The normalized spacial score (nSPS) is 13.8. The van der Waals surface area contributed by atoms with Gasteiger partial charge in [-0.2, -0.15) is 0 Å². The molecule has 0 aromatic heterocycles. The second-order valence-corrected chi connectivity index (χ2v) is 5.74. The molecule has 0 fully saturated rings. The van der Waals surface area contributed by atoms with Crippen molar-refractivity contribution in [1.82, 2.24) is 5.32 Å². The summed E-state index contributed by atoms with van der Waals surface area (Å²) < 4.78 is 0. The Kier molecular flexibility index (Phi) is 6.02. The van der Waals surface area contributed by atoms with Crippen molar-refractivity contribution in [3.05, 3.63) is 34.9 Å². The summed E-state index contributed by atoms with van der Waals surface area (Å²) >= 11 is 5.90. The maximum Gasteiger partial charge on any atom is 0.326 e. The van der Waals surface area contributed by atoms with Gasteiger partial charge in [0, 0.05) is 10.9 Å². The molecule has 0 aliphatic heterocycles. The molecule has 20 heavy (non-hydrogen) atoms. The Morgan fingerprint density at radius 2 is 1.95 bits per heavy atom. The lowest BCUT2D eigenvalue weighted by Crippen LogP contribution is -2.46. The van der Waals surface area contributed by atoms with E-state index in [1.54, 1.807) is 26.8 Å². The zero-order chi connectivity index (χ0) is 15.3. The molecule has 1 amide bonds. The number of hydrogen-bond donors (Lipinski definition) is 2. The molecule has 4 nitrogen and oxygen atoms in total. The Morgan fingerprint density at radius 3 is 2.45 bits per heavy atom. The number of nitrogens with one attached hydrogen (secondary N) is 1. The van der Waals surface area contributed by atoms with E-state index in [0.717, 1.165) is 5.56 Å². The van der Waals surface area contributed by atoms with Crippen molar-refractivity contribution in [1.29, 1.82) is 0 Å². The topological polar surface area (TPSA) is 66.4 Å². The molecule has 110 valence electrons. The summed E-state index contributed by atoms with van der Waals surface area (Å²) in [5, 5.41) is 12.3. The summed E-state index contributed by atoms with van der Waals surface area (Å²) in [4.78, 5) is 23.1. The lowest BCUT2D eigenvalue weighted by atomic mass is 9.98. The Bertz CT molecular complexity index is 488. The molecule has 0 radical (unpaired) electrons. The van der Waals surface area contributed by atoms with Gasteiger partial charge >= 0.3 is 5.97 Å². The number of carbonyl (C=O) groups is 2. The first-order valence-electron chi connectivity index (χ1n) is 6.59. The number of halogens is 1. The lowest BCUT2D eigenvalue weighted by molar-refractivity contribution is -0.143. The van der Waals surface area contributed by atoms with Crippen LogP contribution in [0.3, 0.4) is 0 Å². The highest BCUT2D eigenvalue weighted by Gasteiger charge is 2.25. The molecule has 0 saturated heterocycles. The number of hydrogen-bond acceptors (Lipinski definition) is 2. The van der Waals surface area contributed by atoms with Gasteiger partial charge in [0.1, 0.15) is 6.04 Å². The van der Waals surface area contributed by atoms with Gasteiger partial charge in [-0.3, -0.25) is 4.79 Å². The standard InChI is InChI=1S/C15H20ClNO3/c1-9(2)13(15(19)20)17-14(18)10(3)7-11-5-4-6-12(16)8-11/h4-6,8-10,13H,7H2,1-3H3,(H,17,18)(H,19,20)/t10?,13-/m0/s1. The predicted molar refractivity (Wildman–Crippen MR) is 78.7 cm³/mol. The zero-order valence-electron chi connectivity index (χ0n) is 11.9. The molecule has 0 bridgehead atoms. The summed E-state index contributed by atoms with van der Waals surface area (Å²) in [6, 6.07) is 6.45. The van der Waals surface area contributed by atoms with Crippen molar-refractivity contribution in [2.75, 3.05) is 0 Å². The van der Waals surface area contributed by atoms with Gasteiger partial charge in [-0.05, 0) is 30.0 Å². The molecule has 0 aliphatic carbocycles. The highest BCUT2D eigenvalue weighted by atomic mass is 35.5. The average molecular weight is 298 g/mol. The Balaban J connectivity index is 2.65. The molecule has 1 aromatic rings. The number of carboxylic acid groups (broad SMARTS) is 1. The van der Waals surface area contributed by atoms with Crippen molar-refractivity contribution < 1.29 is 14.7 Å². The van der Waals surface area contributed by atoms with Crippen molar-refractivity contribution >= 4 is 23.5 Å². The Hall–Kier alpha value is -1.55. The van der Waals surface area contributed by atoms with Gasteiger partial charge in [0.2, 0.25) is 5.91 Å². The highest BCUT2D eigenvalue weighted by molar-refractivity contribution is 6.30. The molecule has 2 atom stereocenters. The van der Waals surface area contributed by atoms with Crippen molar-refractivity contribution in [3.8, 4) is 0 Å². The van der Waals surface area contributed by atoms with Crippen LogP contribution in [-0.2, 0) is 16.0 Å². The van der Waals surface area contributed by atoms with Gasteiger partial charge in [-0.25, -0.2) is 4.79 Å². The first-order valence-corrected chi connectivity index (χ1v) is 6.96. The number of amides is 1. The van der Waals surface area contributed by atoms with Crippen LogP contribution in [0.15, 0.2) is 24.3 Å². The summed E-state index contributed by atoms with van der Waals surface area (Å²) in [6.45, 7) is 5.30. The molecular formula is C15H20ClNO3. The van der Waals surface area contributed by atoms with E-state index in [0.29, 0.717) is 11.4 Å². The summed E-state index contributed by atoms with van der Waals surface area (Å²) in [5.74, 6) is -1.74. The number of benzene rings is 1. The third kappa shape index (κ3) is 4.85. The largest absolute Gasteiger partial charge is 0.480 e. The molecule has 1 aromatic carbocycles. The van der Waals surface area contributed by atoms with Crippen LogP contribution >= 0.6 is 11.6 Å². The fourth-order valence-corrected chi connectivity index (χ4v) is 2.13. The van der Waals surface area contributed by atoms with Gasteiger partial charge < -0.3 is 10.4 Å². The smallest absolute Gasteiger partial charge is 0.326 e. The third-order valence-electron chi connectivity index (χ3n) is 3.11. The second-order valence-electron chi connectivity index (χ2n) is 5.30. The van der Waals surface area contributed by atoms with E-state index in [4.69, 9.17) is 16.7 Å². The molecule has 0 saturated carbocycles. The predicted octanol–water partition coefficient (Wildman–Crippen LogP) is 2.74. The zero-order valence-corrected chi connectivity index (χ0v) is 12.6. The van der Waals surface area contributed by atoms with Crippen LogP contribution in [0.5, 0.6) is 0 Å². The molecule has 2 N–H and O–H groups in total. The van der Waals surface area contributed by atoms with E-state index >= 15 is 0 Å². The fraction of sp³-hybridized carbons (Fsp3) is 0.467. The van der Waals surface area contributed by atoms with Crippen molar-refractivity contribution in [2.24, 2.45) is 11.8 Å². The lowest BCUT2D eigenvalue weighted by Gasteiger charge is -2.20. The fourth-order valence-electron chi connectivity index (χ4n) is 1.92. The van der Waals surface area contributed by atoms with Gasteiger partial charge in [0.05, 0.1) is 0 Å². The minimum atomic E-state index is -1.01. The van der Waals surface area contributed by atoms with Crippen molar-refractivity contribution in [2.45, 2.75) is 33.2 Å². The highest BCUT2D eigenvalue weighted by Crippen LogP contribution is 2.15. The summed E-state index contributed by atoms with van der Waals surface area (Å²) in [6.07, 6.45) is 0.525.